The molecule has 1 rings (SSSR count). The first-order valence-electron chi connectivity index (χ1n) is 6.22. The number of carbonyl (C=O) groups is 1. The minimum Gasteiger partial charge on any atom is -0.477 e. The van der Waals surface area contributed by atoms with Crippen molar-refractivity contribution in [2.75, 3.05) is 6.61 Å². The maximum Gasteiger partial charge on any atom is 0.341 e. The maximum atomic E-state index is 12.1. The number of hydrogen-bond donors (Lipinski definition) is 1. The van der Waals surface area contributed by atoms with Gasteiger partial charge in [0.15, 0.2) is 0 Å². The molecule has 0 radical (unpaired) electrons. The van der Waals surface area contributed by atoms with E-state index in [2.05, 4.69) is 0 Å². The molecule has 0 aliphatic rings. The van der Waals surface area contributed by atoms with Crippen LogP contribution in [0, 0.1) is 13.8 Å². The second-order valence-electron chi connectivity index (χ2n) is 5.57. The fraction of sp³-hybridized carbons (Fsp3) is 0.571. The van der Waals surface area contributed by atoms with Gasteiger partial charge in [-0.1, -0.05) is 0 Å². The van der Waals surface area contributed by atoms with Crippen LogP contribution in [0.2, 0.25) is 0 Å². The molecule has 0 aliphatic heterocycles. The van der Waals surface area contributed by atoms with Gasteiger partial charge in [0.2, 0.25) is 0 Å². The molecular weight excluding hydrogens is 246 g/mol. The van der Waals surface area contributed by atoms with Gasteiger partial charge >= 0.3 is 5.97 Å². The summed E-state index contributed by atoms with van der Waals surface area (Å²) < 4.78 is 7.01. The zero-order valence-corrected chi connectivity index (χ0v) is 12.1. The van der Waals surface area contributed by atoms with Gasteiger partial charge in [-0.15, -0.1) is 0 Å². The van der Waals surface area contributed by atoms with Gasteiger partial charge in [0, 0.05) is 12.2 Å². The summed E-state index contributed by atoms with van der Waals surface area (Å²) in [5.41, 5.74) is 0.314. The van der Waals surface area contributed by atoms with Crippen LogP contribution in [0.25, 0.3) is 0 Å². The predicted octanol–water partition coefficient (Wildman–Crippen LogP) is 1.98. The number of hydrogen-bond acceptors (Lipinski definition) is 3. The average molecular weight is 267 g/mol. The molecule has 0 fully saturated rings. The van der Waals surface area contributed by atoms with E-state index in [1.165, 1.54) is 4.57 Å². The highest BCUT2D eigenvalue weighted by Crippen LogP contribution is 2.09. The number of pyridine rings is 1. The van der Waals surface area contributed by atoms with E-state index in [0.717, 1.165) is 5.69 Å². The minimum atomic E-state index is -1.19. The topological polar surface area (TPSA) is 68.5 Å². The largest absolute Gasteiger partial charge is 0.477 e. The first-order chi connectivity index (χ1) is 8.63. The first kappa shape index (κ1) is 15.4. The highest BCUT2D eigenvalue weighted by atomic mass is 16.5. The van der Waals surface area contributed by atoms with Crippen LogP contribution in [0.3, 0.4) is 0 Å². The van der Waals surface area contributed by atoms with Crippen LogP contribution in [0.4, 0.5) is 0 Å². The molecule has 0 atom stereocenters. The lowest BCUT2D eigenvalue weighted by atomic mass is 10.1. The smallest absolute Gasteiger partial charge is 0.341 e. The van der Waals surface area contributed by atoms with Crippen molar-refractivity contribution < 1.29 is 14.6 Å². The normalized spacial score (nSPS) is 11.6. The molecule has 0 amide bonds. The van der Waals surface area contributed by atoms with Gasteiger partial charge < -0.3 is 14.4 Å². The van der Waals surface area contributed by atoms with E-state index in [1.54, 1.807) is 19.9 Å². The molecule has 1 aromatic heterocycles. The van der Waals surface area contributed by atoms with Crippen LogP contribution < -0.4 is 5.56 Å². The standard InChI is InChI=1S/C14H21NO4/c1-9-8-10(2)15(6-7-19-14(3,4)5)12(16)11(9)13(17)18/h8H,6-7H2,1-5H3,(H,17,18). The number of ether oxygens (including phenoxy) is 1. The van der Waals surface area contributed by atoms with E-state index in [-0.39, 0.29) is 11.2 Å². The Kier molecular flexibility index (Phi) is 4.52. The van der Waals surface area contributed by atoms with Gasteiger partial charge in [-0.05, 0) is 46.2 Å². The van der Waals surface area contributed by atoms with Gasteiger partial charge in [0.1, 0.15) is 5.56 Å². The third kappa shape index (κ3) is 3.92. The van der Waals surface area contributed by atoms with Crippen molar-refractivity contribution in [2.24, 2.45) is 0 Å². The Morgan fingerprint density at radius 2 is 1.95 bits per heavy atom. The molecule has 106 valence electrons. The molecule has 5 nitrogen and oxygen atoms in total. The Morgan fingerprint density at radius 1 is 1.37 bits per heavy atom. The molecule has 1 aromatic rings. The van der Waals surface area contributed by atoms with E-state index in [9.17, 15) is 9.59 Å². The Balaban J connectivity index is 3.05. The van der Waals surface area contributed by atoms with Crippen LogP contribution in [-0.4, -0.2) is 27.9 Å². The number of rotatable bonds is 4. The third-order valence-corrected chi connectivity index (χ3v) is 2.77. The van der Waals surface area contributed by atoms with Crippen molar-refractivity contribution in [3.8, 4) is 0 Å². The van der Waals surface area contributed by atoms with E-state index >= 15 is 0 Å². The zero-order chi connectivity index (χ0) is 14.8. The molecule has 0 saturated heterocycles. The molecule has 0 aromatic carbocycles. The van der Waals surface area contributed by atoms with Crippen LogP contribution >= 0.6 is 0 Å². The highest BCUT2D eigenvalue weighted by Gasteiger charge is 2.17. The molecule has 1 heterocycles. The molecule has 1 N–H and O–H groups in total. The monoisotopic (exact) mass is 267 g/mol. The average Bonchev–Trinajstić information content (AvgIpc) is 2.20. The predicted molar refractivity (Wildman–Crippen MR) is 72.8 cm³/mol. The van der Waals surface area contributed by atoms with E-state index in [0.29, 0.717) is 18.7 Å². The summed E-state index contributed by atoms with van der Waals surface area (Å²) in [6.45, 7) is 9.93. The number of carboxylic acid groups (broad SMARTS) is 1. The van der Waals surface area contributed by atoms with Crippen molar-refractivity contribution in [3.05, 3.63) is 33.2 Å². The molecule has 0 saturated carbocycles. The van der Waals surface area contributed by atoms with Gasteiger partial charge in [0.25, 0.3) is 5.56 Å². The summed E-state index contributed by atoms with van der Waals surface area (Å²) in [4.78, 5) is 23.2. The fourth-order valence-electron chi connectivity index (χ4n) is 1.91. The van der Waals surface area contributed by atoms with Crippen molar-refractivity contribution in [1.82, 2.24) is 4.57 Å². The molecular formula is C14H21NO4. The molecule has 0 spiro atoms. The number of aromatic nitrogens is 1. The Morgan fingerprint density at radius 3 is 2.42 bits per heavy atom. The summed E-state index contributed by atoms with van der Waals surface area (Å²) in [5, 5.41) is 9.07. The number of aryl methyl sites for hydroxylation is 2. The Bertz CT molecular complexity index is 538. The minimum absolute atomic E-state index is 0.165. The quantitative estimate of drug-likeness (QED) is 0.905. The summed E-state index contributed by atoms with van der Waals surface area (Å²) >= 11 is 0. The van der Waals surface area contributed by atoms with Crippen LogP contribution in [0.15, 0.2) is 10.9 Å². The van der Waals surface area contributed by atoms with Gasteiger partial charge in [-0.3, -0.25) is 4.79 Å². The summed E-state index contributed by atoms with van der Waals surface area (Å²) in [7, 11) is 0. The highest BCUT2D eigenvalue weighted by molar-refractivity contribution is 5.88. The van der Waals surface area contributed by atoms with E-state index in [4.69, 9.17) is 9.84 Å². The van der Waals surface area contributed by atoms with Crippen LogP contribution in [0.1, 0.15) is 42.4 Å². The third-order valence-electron chi connectivity index (χ3n) is 2.77. The van der Waals surface area contributed by atoms with Crippen molar-refractivity contribution in [3.63, 3.8) is 0 Å². The van der Waals surface area contributed by atoms with E-state index in [1.807, 2.05) is 20.8 Å². The number of carboxylic acids is 1. The molecule has 19 heavy (non-hydrogen) atoms. The summed E-state index contributed by atoms with van der Waals surface area (Å²) in [6.07, 6.45) is 0. The Labute approximate surface area is 112 Å². The molecule has 5 heteroatoms. The van der Waals surface area contributed by atoms with Crippen molar-refractivity contribution in [1.29, 1.82) is 0 Å². The lowest BCUT2D eigenvalue weighted by Gasteiger charge is -2.20. The first-order valence-corrected chi connectivity index (χ1v) is 6.22. The molecule has 0 aliphatic carbocycles. The van der Waals surface area contributed by atoms with Crippen LogP contribution in [-0.2, 0) is 11.3 Å². The zero-order valence-electron chi connectivity index (χ0n) is 12.1. The van der Waals surface area contributed by atoms with Gasteiger partial charge in [-0.2, -0.15) is 0 Å². The maximum absolute atomic E-state index is 12.1. The number of aromatic carboxylic acids is 1. The number of nitrogens with zero attached hydrogens (tertiary/aromatic N) is 1. The summed E-state index contributed by atoms with van der Waals surface area (Å²) in [5.74, 6) is -1.19. The SMILES string of the molecule is Cc1cc(C)n(CCOC(C)(C)C)c(=O)c1C(=O)O. The van der Waals surface area contributed by atoms with E-state index < -0.39 is 11.5 Å². The van der Waals surface area contributed by atoms with Crippen LogP contribution in [0.5, 0.6) is 0 Å². The van der Waals surface area contributed by atoms with Gasteiger partial charge in [0.05, 0.1) is 12.2 Å². The lowest BCUT2D eigenvalue weighted by Crippen LogP contribution is -2.32. The van der Waals surface area contributed by atoms with Crippen molar-refractivity contribution in [2.45, 2.75) is 46.8 Å². The molecule has 0 bridgehead atoms. The second kappa shape index (κ2) is 5.57. The van der Waals surface area contributed by atoms with Gasteiger partial charge in [-0.25, -0.2) is 4.79 Å². The Hall–Kier alpha value is -1.62. The fourth-order valence-corrected chi connectivity index (χ4v) is 1.91. The van der Waals surface area contributed by atoms with Crippen molar-refractivity contribution >= 4 is 5.97 Å². The molecule has 0 unspecified atom stereocenters. The lowest BCUT2D eigenvalue weighted by molar-refractivity contribution is -0.00737. The summed E-state index contributed by atoms with van der Waals surface area (Å²) in [6, 6.07) is 1.71. The second-order valence-corrected chi connectivity index (χ2v) is 5.57.